The summed E-state index contributed by atoms with van der Waals surface area (Å²) in [5.74, 6) is 0.621. The zero-order valence-corrected chi connectivity index (χ0v) is 15.6. The minimum Gasteiger partial charge on any atom is -0.381 e. The summed E-state index contributed by atoms with van der Waals surface area (Å²) in [6, 6.07) is 10.0. The lowest BCUT2D eigenvalue weighted by atomic mass is 9.73. The van der Waals surface area contributed by atoms with Gasteiger partial charge in [-0.3, -0.25) is 9.48 Å². The summed E-state index contributed by atoms with van der Waals surface area (Å²) in [7, 11) is 0. The highest BCUT2D eigenvalue weighted by Gasteiger charge is 2.41. The summed E-state index contributed by atoms with van der Waals surface area (Å²) in [5, 5.41) is 7.55. The molecule has 0 bridgehead atoms. The van der Waals surface area contributed by atoms with Gasteiger partial charge in [0.25, 0.3) is 0 Å². The van der Waals surface area contributed by atoms with Crippen LogP contribution in [0.15, 0.2) is 42.7 Å². The van der Waals surface area contributed by atoms with Crippen molar-refractivity contribution in [2.24, 2.45) is 5.92 Å². The van der Waals surface area contributed by atoms with Crippen LogP contribution in [-0.2, 0) is 26.2 Å². The number of carbonyl (C=O) groups excluding carboxylic acids is 1. The van der Waals surface area contributed by atoms with Crippen molar-refractivity contribution in [1.29, 1.82) is 0 Å². The first-order chi connectivity index (χ1) is 13.3. The Morgan fingerprint density at radius 1 is 1.11 bits per heavy atom. The van der Waals surface area contributed by atoms with Crippen molar-refractivity contribution in [3.05, 3.63) is 48.3 Å². The molecule has 3 heterocycles. The molecule has 2 aliphatic heterocycles. The monoisotopic (exact) mass is 369 g/mol. The lowest BCUT2D eigenvalue weighted by Crippen LogP contribution is -2.44. The molecule has 0 aliphatic carbocycles. The van der Waals surface area contributed by atoms with E-state index in [-0.39, 0.29) is 5.91 Å². The SMILES string of the molecule is O=C(Nc1cnn(CC2CCOCC2)c1)C1(c2ccccc2)CCOCC1. The molecule has 0 radical (unpaired) electrons. The van der Waals surface area contributed by atoms with Crippen LogP contribution in [0.3, 0.4) is 0 Å². The number of rotatable bonds is 5. The van der Waals surface area contributed by atoms with Crippen LogP contribution in [0, 0.1) is 5.92 Å². The first-order valence-electron chi connectivity index (χ1n) is 9.81. The average molecular weight is 369 g/mol. The van der Waals surface area contributed by atoms with Crippen molar-refractivity contribution in [2.75, 3.05) is 31.7 Å². The molecule has 27 heavy (non-hydrogen) atoms. The Bertz CT molecular complexity index is 747. The van der Waals surface area contributed by atoms with Gasteiger partial charge in [-0.15, -0.1) is 0 Å². The van der Waals surface area contributed by atoms with Gasteiger partial charge in [0.05, 0.1) is 17.3 Å². The molecule has 0 spiro atoms. The molecule has 0 atom stereocenters. The molecule has 144 valence electrons. The van der Waals surface area contributed by atoms with E-state index in [0.717, 1.165) is 43.9 Å². The Hall–Kier alpha value is -2.18. The molecule has 0 saturated carbocycles. The molecule has 6 heteroatoms. The highest BCUT2D eigenvalue weighted by Crippen LogP contribution is 2.36. The van der Waals surface area contributed by atoms with E-state index in [1.165, 1.54) is 0 Å². The lowest BCUT2D eigenvalue weighted by Gasteiger charge is -2.36. The summed E-state index contributed by atoms with van der Waals surface area (Å²) in [6.07, 6.45) is 7.20. The Labute approximate surface area is 159 Å². The fourth-order valence-corrected chi connectivity index (χ4v) is 4.10. The third kappa shape index (κ3) is 4.06. The van der Waals surface area contributed by atoms with E-state index in [1.807, 2.05) is 41.2 Å². The fourth-order valence-electron chi connectivity index (χ4n) is 4.10. The van der Waals surface area contributed by atoms with Gasteiger partial charge < -0.3 is 14.8 Å². The van der Waals surface area contributed by atoms with Crippen molar-refractivity contribution < 1.29 is 14.3 Å². The Balaban J connectivity index is 1.47. The maximum absolute atomic E-state index is 13.3. The predicted octanol–water partition coefficient (Wildman–Crippen LogP) is 3.00. The van der Waals surface area contributed by atoms with Crippen LogP contribution in [0.2, 0.25) is 0 Å². The molecule has 0 unspecified atom stereocenters. The zero-order chi connectivity index (χ0) is 18.5. The largest absolute Gasteiger partial charge is 0.381 e. The standard InChI is InChI=1S/C21H27N3O3/c25-20(21(8-12-27-13-9-21)18-4-2-1-3-5-18)23-19-14-22-24(16-19)15-17-6-10-26-11-7-17/h1-5,14,16-17H,6-13,15H2,(H,23,25). The van der Waals surface area contributed by atoms with E-state index in [0.29, 0.717) is 32.0 Å². The van der Waals surface area contributed by atoms with Crippen LogP contribution in [0.5, 0.6) is 0 Å². The number of nitrogens with one attached hydrogen (secondary N) is 1. The second kappa shape index (κ2) is 8.23. The number of hydrogen-bond donors (Lipinski definition) is 1. The first-order valence-corrected chi connectivity index (χ1v) is 9.81. The van der Waals surface area contributed by atoms with E-state index >= 15 is 0 Å². The van der Waals surface area contributed by atoms with Crippen LogP contribution in [-0.4, -0.2) is 42.1 Å². The van der Waals surface area contributed by atoms with E-state index in [4.69, 9.17) is 9.47 Å². The van der Waals surface area contributed by atoms with Crippen molar-refractivity contribution in [3.63, 3.8) is 0 Å². The summed E-state index contributed by atoms with van der Waals surface area (Å²) in [5.41, 5.74) is 1.27. The first kappa shape index (κ1) is 18.2. The van der Waals surface area contributed by atoms with Gasteiger partial charge in [0.15, 0.2) is 0 Å². The summed E-state index contributed by atoms with van der Waals surface area (Å²) in [4.78, 5) is 13.3. The second-order valence-corrected chi connectivity index (χ2v) is 7.52. The molecule has 6 nitrogen and oxygen atoms in total. The van der Waals surface area contributed by atoms with Gasteiger partial charge in [-0.1, -0.05) is 30.3 Å². The van der Waals surface area contributed by atoms with E-state index in [9.17, 15) is 4.79 Å². The Morgan fingerprint density at radius 3 is 2.56 bits per heavy atom. The van der Waals surface area contributed by atoms with Gasteiger partial charge in [-0.2, -0.15) is 5.10 Å². The number of carbonyl (C=O) groups is 1. The van der Waals surface area contributed by atoms with Gasteiger partial charge in [-0.25, -0.2) is 0 Å². The van der Waals surface area contributed by atoms with Crippen LogP contribution in [0.4, 0.5) is 5.69 Å². The normalized spacial score (nSPS) is 20.3. The van der Waals surface area contributed by atoms with E-state index < -0.39 is 5.41 Å². The molecule has 2 aromatic rings. The van der Waals surface area contributed by atoms with Gasteiger partial charge in [-0.05, 0) is 37.2 Å². The fraction of sp³-hybridized carbons (Fsp3) is 0.524. The third-order valence-electron chi connectivity index (χ3n) is 5.78. The molecule has 4 rings (SSSR count). The van der Waals surface area contributed by atoms with Crippen molar-refractivity contribution >= 4 is 11.6 Å². The number of hydrogen-bond acceptors (Lipinski definition) is 4. The summed E-state index contributed by atoms with van der Waals surface area (Å²) in [6.45, 7) is 3.74. The highest BCUT2D eigenvalue weighted by atomic mass is 16.5. The molecule has 1 N–H and O–H groups in total. The van der Waals surface area contributed by atoms with Crippen LogP contribution in [0.1, 0.15) is 31.2 Å². The van der Waals surface area contributed by atoms with Crippen molar-refractivity contribution in [3.8, 4) is 0 Å². The van der Waals surface area contributed by atoms with Crippen molar-refractivity contribution in [2.45, 2.75) is 37.6 Å². The molecule has 2 aliphatic rings. The molecule has 2 fully saturated rings. The van der Waals surface area contributed by atoms with Gasteiger partial charge in [0, 0.05) is 39.2 Å². The number of amides is 1. The van der Waals surface area contributed by atoms with Crippen LogP contribution < -0.4 is 5.32 Å². The molecule has 2 saturated heterocycles. The van der Waals surface area contributed by atoms with Crippen molar-refractivity contribution in [1.82, 2.24) is 9.78 Å². The average Bonchev–Trinajstić information content (AvgIpc) is 3.16. The predicted molar refractivity (Wildman–Crippen MR) is 103 cm³/mol. The van der Waals surface area contributed by atoms with Gasteiger partial charge in [0.2, 0.25) is 5.91 Å². The molecule has 1 aromatic carbocycles. The van der Waals surface area contributed by atoms with Gasteiger partial charge in [0.1, 0.15) is 0 Å². The third-order valence-corrected chi connectivity index (χ3v) is 5.78. The smallest absolute Gasteiger partial charge is 0.235 e. The van der Waals surface area contributed by atoms with E-state index in [2.05, 4.69) is 10.4 Å². The minimum absolute atomic E-state index is 0.0302. The molecular formula is C21H27N3O3. The second-order valence-electron chi connectivity index (χ2n) is 7.52. The number of aromatic nitrogens is 2. The number of ether oxygens (including phenoxy) is 2. The Kier molecular flexibility index (Phi) is 5.55. The van der Waals surface area contributed by atoms with Crippen LogP contribution in [0.25, 0.3) is 0 Å². The summed E-state index contributed by atoms with van der Waals surface area (Å²) < 4.78 is 12.9. The quantitative estimate of drug-likeness (QED) is 0.880. The van der Waals surface area contributed by atoms with Gasteiger partial charge >= 0.3 is 0 Å². The maximum atomic E-state index is 13.3. The number of nitrogens with zero attached hydrogens (tertiary/aromatic N) is 2. The van der Waals surface area contributed by atoms with Crippen LogP contribution >= 0.6 is 0 Å². The Morgan fingerprint density at radius 2 is 1.81 bits per heavy atom. The summed E-state index contributed by atoms with van der Waals surface area (Å²) >= 11 is 0. The topological polar surface area (TPSA) is 65.4 Å². The maximum Gasteiger partial charge on any atom is 0.235 e. The number of benzene rings is 1. The molecule has 1 aromatic heterocycles. The lowest BCUT2D eigenvalue weighted by molar-refractivity contribution is -0.125. The minimum atomic E-state index is -0.539. The number of anilines is 1. The van der Waals surface area contributed by atoms with E-state index in [1.54, 1.807) is 6.20 Å². The highest BCUT2D eigenvalue weighted by molar-refractivity contribution is 5.99. The zero-order valence-electron chi connectivity index (χ0n) is 15.6. The molecule has 1 amide bonds. The molecular weight excluding hydrogens is 342 g/mol.